The van der Waals surface area contributed by atoms with Crippen LogP contribution in [0.15, 0.2) is 73.1 Å². The SMILES string of the molecule is Cc1cccc(NC(=O)c2cc(-c3ccncc3)nc3ccccc23)n1. The van der Waals surface area contributed by atoms with Crippen LogP contribution >= 0.6 is 0 Å². The van der Waals surface area contributed by atoms with Gasteiger partial charge in [0, 0.05) is 29.0 Å². The van der Waals surface area contributed by atoms with Crippen molar-refractivity contribution in [2.75, 3.05) is 5.32 Å². The summed E-state index contributed by atoms with van der Waals surface area (Å²) < 4.78 is 0. The highest BCUT2D eigenvalue weighted by Gasteiger charge is 2.14. The Labute approximate surface area is 150 Å². The minimum absolute atomic E-state index is 0.211. The van der Waals surface area contributed by atoms with E-state index in [9.17, 15) is 4.79 Å². The molecule has 3 heterocycles. The van der Waals surface area contributed by atoms with Crippen LogP contribution in [0.4, 0.5) is 5.82 Å². The first-order valence-electron chi connectivity index (χ1n) is 8.26. The zero-order chi connectivity index (χ0) is 17.9. The Morgan fingerprint density at radius 1 is 0.923 bits per heavy atom. The number of anilines is 1. The van der Waals surface area contributed by atoms with E-state index in [4.69, 9.17) is 0 Å². The van der Waals surface area contributed by atoms with E-state index >= 15 is 0 Å². The van der Waals surface area contributed by atoms with Gasteiger partial charge in [0.1, 0.15) is 5.82 Å². The van der Waals surface area contributed by atoms with Gasteiger partial charge < -0.3 is 5.32 Å². The van der Waals surface area contributed by atoms with Gasteiger partial charge in [-0.3, -0.25) is 9.78 Å². The smallest absolute Gasteiger partial charge is 0.257 e. The monoisotopic (exact) mass is 340 g/mol. The number of pyridine rings is 3. The Balaban J connectivity index is 1.81. The molecule has 0 spiro atoms. The zero-order valence-electron chi connectivity index (χ0n) is 14.2. The molecule has 1 amide bonds. The van der Waals surface area contributed by atoms with E-state index in [1.165, 1.54) is 0 Å². The van der Waals surface area contributed by atoms with E-state index in [0.29, 0.717) is 11.4 Å². The van der Waals surface area contributed by atoms with Crippen LogP contribution < -0.4 is 5.32 Å². The van der Waals surface area contributed by atoms with Gasteiger partial charge in [-0.05, 0) is 43.3 Å². The molecule has 0 saturated heterocycles. The molecular formula is C21H16N4O. The van der Waals surface area contributed by atoms with E-state index in [1.54, 1.807) is 18.5 Å². The Bertz CT molecular complexity index is 1090. The molecule has 4 aromatic rings. The summed E-state index contributed by atoms with van der Waals surface area (Å²) >= 11 is 0. The van der Waals surface area contributed by atoms with E-state index in [2.05, 4.69) is 20.3 Å². The minimum atomic E-state index is -0.211. The second-order valence-electron chi connectivity index (χ2n) is 5.93. The summed E-state index contributed by atoms with van der Waals surface area (Å²) in [7, 11) is 0. The summed E-state index contributed by atoms with van der Waals surface area (Å²) in [5.41, 5.74) is 3.82. The van der Waals surface area contributed by atoms with E-state index < -0.39 is 0 Å². The van der Waals surface area contributed by atoms with Crippen molar-refractivity contribution in [3.05, 3.63) is 84.3 Å². The highest BCUT2D eigenvalue weighted by molar-refractivity contribution is 6.12. The third-order valence-electron chi connectivity index (χ3n) is 4.07. The fourth-order valence-electron chi connectivity index (χ4n) is 2.83. The lowest BCUT2D eigenvalue weighted by atomic mass is 10.0. The largest absolute Gasteiger partial charge is 0.307 e. The minimum Gasteiger partial charge on any atom is -0.307 e. The lowest BCUT2D eigenvalue weighted by Crippen LogP contribution is -2.14. The Morgan fingerprint density at radius 3 is 2.54 bits per heavy atom. The van der Waals surface area contributed by atoms with Gasteiger partial charge in [-0.15, -0.1) is 0 Å². The fraction of sp³-hybridized carbons (Fsp3) is 0.0476. The van der Waals surface area contributed by atoms with Crippen LogP contribution in [-0.2, 0) is 0 Å². The number of nitrogens with zero attached hydrogens (tertiary/aromatic N) is 3. The van der Waals surface area contributed by atoms with E-state index in [0.717, 1.165) is 27.9 Å². The van der Waals surface area contributed by atoms with Crippen LogP contribution in [0.3, 0.4) is 0 Å². The van der Waals surface area contributed by atoms with Gasteiger partial charge in [-0.25, -0.2) is 9.97 Å². The average molecular weight is 340 g/mol. The number of carbonyl (C=O) groups is 1. The van der Waals surface area contributed by atoms with Crippen LogP contribution in [0.2, 0.25) is 0 Å². The number of benzene rings is 1. The number of carbonyl (C=O) groups excluding carboxylic acids is 1. The quantitative estimate of drug-likeness (QED) is 0.605. The Morgan fingerprint density at radius 2 is 1.73 bits per heavy atom. The standard InChI is InChI=1S/C21H16N4O/c1-14-5-4-8-20(23-14)25-21(26)17-13-19(15-9-11-22-12-10-15)24-18-7-3-2-6-16(17)18/h2-13H,1H3,(H,23,25,26). The topological polar surface area (TPSA) is 67.8 Å². The number of aromatic nitrogens is 3. The van der Waals surface area contributed by atoms with Crippen LogP contribution in [-0.4, -0.2) is 20.9 Å². The first-order valence-corrected chi connectivity index (χ1v) is 8.26. The molecule has 0 atom stereocenters. The summed E-state index contributed by atoms with van der Waals surface area (Å²) in [6.07, 6.45) is 3.42. The summed E-state index contributed by atoms with van der Waals surface area (Å²) in [4.78, 5) is 26.0. The molecule has 4 rings (SSSR count). The number of fused-ring (bicyclic) bond motifs is 1. The lowest BCUT2D eigenvalue weighted by Gasteiger charge is -2.10. The molecule has 0 saturated carbocycles. The predicted octanol–water partition coefficient (Wildman–Crippen LogP) is 4.25. The van der Waals surface area contributed by atoms with Crippen molar-refractivity contribution in [2.24, 2.45) is 0 Å². The third kappa shape index (κ3) is 3.15. The van der Waals surface area contributed by atoms with Gasteiger partial charge in [0.2, 0.25) is 0 Å². The van der Waals surface area contributed by atoms with Gasteiger partial charge in [0.25, 0.3) is 5.91 Å². The van der Waals surface area contributed by atoms with Crippen LogP contribution in [0.25, 0.3) is 22.2 Å². The molecule has 126 valence electrons. The molecule has 26 heavy (non-hydrogen) atoms. The number of amides is 1. The third-order valence-corrected chi connectivity index (χ3v) is 4.07. The fourth-order valence-corrected chi connectivity index (χ4v) is 2.83. The molecule has 0 aliphatic carbocycles. The maximum absolute atomic E-state index is 12.9. The van der Waals surface area contributed by atoms with Crippen molar-refractivity contribution in [1.82, 2.24) is 15.0 Å². The van der Waals surface area contributed by atoms with Crippen molar-refractivity contribution in [2.45, 2.75) is 6.92 Å². The average Bonchev–Trinajstić information content (AvgIpc) is 2.68. The van der Waals surface area contributed by atoms with Gasteiger partial charge >= 0.3 is 0 Å². The van der Waals surface area contributed by atoms with Gasteiger partial charge in [0.05, 0.1) is 16.8 Å². The molecule has 0 radical (unpaired) electrons. The number of hydrogen-bond donors (Lipinski definition) is 1. The first-order chi connectivity index (χ1) is 12.7. The Kier molecular flexibility index (Phi) is 4.11. The normalized spacial score (nSPS) is 10.7. The summed E-state index contributed by atoms with van der Waals surface area (Å²) in [5, 5.41) is 3.68. The number of rotatable bonds is 3. The van der Waals surface area contributed by atoms with E-state index in [1.807, 2.05) is 61.5 Å². The van der Waals surface area contributed by atoms with E-state index in [-0.39, 0.29) is 5.91 Å². The number of aryl methyl sites for hydroxylation is 1. The summed E-state index contributed by atoms with van der Waals surface area (Å²) in [6, 6.07) is 18.7. The molecule has 1 aromatic carbocycles. The molecule has 0 fully saturated rings. The second kappa shape index (κ2) is 6.72. The number of nitrogens with one attached hydrogen (secondary N) is 1. The molecular weight excluding hydrogens is 324 g/mol. The number of hydrogen-bond acceptors (Lipinski definition) is 4. The Hall–Kier alpha value is -3.60. The van der Waals surface area contributed by atoms with Crippen LogP contribution in [0, 0.1) is 6.92 Å². The maximum atomic E-state index is 12.9. The highest BCUT2D eigenvalue weighted by atomic mass is 16.1. The summed E-state index contributed by atoms with van der Waals surface area (Å²) in [6.45, 7) is 1.89. The van der Waals surface area contributed by atoms with Crippen molar-refractivity contribution >= 4 is 22.6 Å². The van der Waals surface area contributed by atoms with Gasteiger partial charge in [-0.2, -0.15) is 0 Å². The molecule has 1 N–H and O–H groups in total. The predicted molar refractivity (Wildman–Crippen MR) is 102 cm³/mol. The molecule has 5 heteroatoms. The number of para-hydroxylation sites is 1. The van der Waals surface area contributed by atoms with Gasteiger partial charge in [0.15, 0.2) is 0 Å². The zero-order valence-corrected chi connectivity index (χ0v) is 14.2. The van der Waals surface area contributed by atoms with Crippen molar-refractivity contribution in [3.63, 3.8) is 0 Å². The van der Waals surface area contributed by atoms with Crippen molar-refractivity contribution in [3.8, 4) is 11.3 Å². The molecule has 0 bridgehead atoms. The lowest BCUT2D eigenvalue weighted by molar-refractivity contribution is 0.102. The molecule has 0 unspecified atom stereocenters. The molecule has 0 aliphatic heterocycles. The molecule has 3 aromatic heterocycles. The summed E-state index contributed by atoms with van der Waals surface area (Å²) in [5.74, 6) is 0.318. The van der Waals surface area contributed by atoms with Crippen LogP contribution in [0.1, 0.15) is 16.1 Å². The van der Waals surface area contributed by atoms with Crippen LogP contribution in [0.5, 0.6) is 0 Å². The second-order valence-corrected chi connectivity index (χ2v) is 5.93. The molecule has 0 aliphatic rings. The molecule has 5 nitrogen and oxygen atoms in total. The highest BCUT2D eigenvalue weighted by Crippen LogP contribution is 2.25. The van der Waals surface area contributed by atoms with Gasteiger partial charge in [-0.1, -0.05) is 24.3 Å². The first kappa shape index (κ1) is 15.9. The van der Waals surface area contributed by atoms with Crippen molar-refractivity contribution in [1.29, 1.82) is 0 Å². The van der Waals surface area contributed by atoms with Crippen molar-refractivity contribution < 1.29 is 4.79 Å². The maximum Gasteiger partial charge on any atom is 0.257 e.